The SMILES string of the molecule is CN(CCNCc1cn(-c2ccccc2)nc1-c1cccnc1)C1CCCC1. The number of benzene rings is 1. The highest BCUT2D eigenvalue weighted by molar-refractivity contribution is 5.62. The monoisotopic (exact) mass is 375 g/mol. The van der Waals surface area contributed by atoms with Crippen LogP contribution in [0.5, 0.6) is 0 Å². The summed E-state index contributed by atoms with van der Waals surface area (Å²) in [5.74, 6) is 0. The summed E-state index contributed by atoms with van der Waals surface area (Å²) in [6.45, 7) is 2.87. The van der Waals surface area contributed by atoms with Crippen molar-refractivity contribution < 1.29 is 0 Å². The molecule has 146 valence electrons. The minimum absolute atomic E-state index is 0.772. The highest BCUT2D eigenvalue weighted by Crippen LogP contribution is 2.23. The lowest BCUT2D eigenvalue weighted by atomic mass is 10.1. The maximum atomic E-state index is 4.85. The molecule has 0 amide bonds. The normalized spacial score (nSPS) is 14.8. The Labute approximate surface area is 167 Å². The molecule has 1 aliphatic carbocycles. The molecule has 1 saturated carbocycles. The average molecular weight is 376 g/mol. The molecule has 28 heavy (non-hydrogen) atoms. The van der Waals surface area contributed by atoms with E-state index in [4.69, 9.17) is 5.10 Å². The predicted octanol–water partition coefficient (Wildman–Crippen LogP) is 3.90. The van der Waals surface area contributed by atoms with E-state index < -0.39 is 0 Å². The lowest BCUT2D eigenvalue weighted by molar-refractivity contribution is 0.245. The number of nitrogens with zero attached hydrogens (tertiary/aromatic N) is 4. The first kappa shape index (κ1) is 18.8. The van der Waals surface area contributed by atoms with Crippen molar-refractivity contribution in [2.45, 2.75) is 38.3 Å². The molecule has 2 aromatic heterocycles. The van der Waals surface area contributed by atoms with Gasteiger partial charge in [-0.25, -0.2) is 4.68 Å². The van der Waals surface area contributed by atoms with Crippen molar-refractivity contribution in [3.05, 3.63) is 66.6 Å². The van der Waals surface area contributed by atoms with E-state index in [-0.39, 0.29) is 0 Å². The molecule has 0 saturated heterocycles. The number of para-hydroxylation sites is 1. The minimum Gasteiger partial charge on any atom is -0.311 e. The molecule has 0 aliphatic heterocycles. The molecule has 0 atom stereocenters. The van der Waals surface area contributed by atoms with Gasteiger partial charge in [-0.2, -0.15) is 5.10 Å². The van der Waals surface area contributed by atoms with E-state index in [1.807, 2.05) is 35.1 Å². The van der Waals surface area contributed by atoms with Gasteiger partial charge >= 0.3 is 0 Å². The number of pyridine rings is 1. The molecule has 3 aromatic rings. The third-order valence-corrected chi connectivity index (χ3v) is 5.65. The van der Waals surface area contributed by atoms with Crippen LogP contribution in [-0.4, -0.2) is 45.8 Å². The van der Waals surface area contributed by atoms with E-state index >= 15 is 0 Å². The Morgan fingerprint density at radius 1 is 1.11 bits per heavy atom. The zero-order valence-electron chi connectivity index (χ0n) is 16.6. The van der Waals surface area contributed by atoms with Crippen LogP contribution in [0.15, 0.2) is 61.1 Å². The molecule has 0 bridgehead atoms. The smallest absolute Gasteiger partial charge is 0.0988 e. The van der Waals surface area contributed by atoms with Crippen LogP contribution < -0.4 is 5.32 Å². The van der Waals surface area contributed by atoms with Crippen molar-refractivity contribution in [1.82, 2.24) is 25.0 Å². The van der Waals surface area contributed by atoms with E-state index in [2.05, 4.69) is 46.6 Å². The summed E-state index contributed by atoms with van der Waals surface area (Å²) in [5.41, 5.74) is 4.31. The van der Waals surface area contributed by atoms with Gasteiger partial charge in [0.25, 0.3) is 0 Å². The number of rotatable bonds is 8. The molecule has 0 radical (unpaired) electrons. The van der Waals surface area contributed by atoms with Gasteiger partial charge in [0.1, 0.15) is 0 Å². The summed E-state index contributed by atoms with van der Waals surface area (Å²) >= 11 is 0. The number of nitrogens with one attached hydrogen (secondary N) is 1. The van der Waals surface area contributed by atoms with Gasteiger partial charge in [-0.15, -0.1) is 0 Å². The molecule has 4 rings (SSSR count). The van der Waals surface area contributed by atoms with Gasteiger partial charge in [-0.3, -0.25) is 4.98 Å². The molecule has 0 unspecified atom stereocenters. The number of hydrogen-bond donors (Lipinski definition) is 1. The van der Waals surface area contributed by atoms with Crippen LogP contribution in [0.2, 0.25) is 0 Å². The first-order valence-corrected chi connectivity index (χ1v) is 10.3. The summed E-state index contributed by atoms with van der Waals surface area (Å²) < 4.78 is 1.96. The van der Waals surface area contributed by atoms with Crippen molar-refractivity contribution in [3.8, 4) is 16.9 Å². The maximum absolute atomic E-state index is 4.85. The van der Waals surface area contributed by atoms with Gasteiger partial charge in [0.2, 0.25) is 0 Å². The topological polar surface area (TPSA) is 46.0 Å². The van der Waals surface area contributed by atoms with E-state index in [0.29, 0.717) is 0 Å². The van der Waals surface area contributed by atoms with E-state index in [9.17, 15) is 0 Å². The highest BCUT2D eigenvalue weighted by atomic mass is 15.3. The number of hydrogen-bond acceptors (Lipinski definition) is 4. The second kappa shape index (κ2) is 9.13. The zero-order valence-corrected chi connectivity index (χ0v) is 16.6. The van der Waals surface area contributed by atoms with Crippen molar-refractivity contribution in [2.75, 3.05) is 20.1 Å². The molecule has 5 heteroatoms. The summed E-state index contributed by atoms with van der Waals surface area (Å²) in [6.07, 6.45) is 11.3. The van der Waals surface area contributed by atoms with Crippen LogP contribution in [0.3, 0.4) is 0 Å². The van der Waals surface area contributed by atoms with E-state index in [1.165, 1.54) is 31.2 Å². The van der Waals surface area contributed by atoms with Crippen LogP contribution >= 0.6 is 0 Å². The Balaban J connectivity index is 1.45. The molecule has 1 aliphatic rings. The van der Waals surface area contributed by atoms with Crippen LogP contribution in [0.25, 0.3) is 16.9 Å². The Kier molecular flexibility index (Phi) is 6.14. The Bertz CT molecular complexity index is 853. The maximum Gasteiger partial charge on any atom is 0.0988 e. The number of likely N-dealkylation sites (N-methyl/N-ethyl adjacent to an activating group) is 1. The fraction of sp³-hybridized carbons (Fsp3) is 0.391. The second-order valence-electron chi connectivity index (χ2n) is 7.62. The van der Waals surface area contributed by atoms with Gasteiger partial charge in [0.15, 0.2) is 0 Å². The quantitative estimate of drug-likeness (QED) is 0.607. The summed E-state index contributed by atoms with van der Waals surface area (Å²) in [6, 6.07) is 15.1. The Hall–Kier alpha value is -2.50. The summed E-state index contributed by atoms with van der Waals surface area (Å²) in [7, 11) is 2.26. The Morgan fingerprint density at radius 2 is 1.93 bits per heavy atom. The van der Waals surface area contributed by atoms with E-state index in [0.717, 1.165) is 42.6 Å². The van der Waals surface area contributed by atoms with Gasteiger partial charge in [-0.1, -0.05) is 31.0 Å². The first-order chi connectivity index (χ1) is 13.8. The van der Waals surface area contributed by atoms with Crippen molar-refractivity contribution in [1.29, 1.82) is 0 Å². The molecule has 5 nitrogen and oxygen atoms in total. The van der Waals surface area contributed by atoms with Crippen LogP contribution in [0.4, 0.5) is 0 Å². The lowest BCUT2D eigenvalue weighted by Crippen LogP contribution is -2.35. The molecule has 2 heterocycles. The van der Waals surface area contributed by atoms with Crippen LogP contribution in [-0.2, 0) is 6.54 Å². The molecule has 1 fully saturated rings. The van der Waals surface area contributed by atoms with E-state index in [1.54, 1.807) is 6.20 Å². The van der Waals surface area contributed by atoms with Crippen molar-refractivity contribution in [2.24, 2.45) is 0 Å². The fourth-order valence-corrected chi connectivity index (χ4v) is 4.00. The third kappa shape index (κ3) is 4.49. The lowest BCUT2D eigenvalue weighted by Gasteiger charge is -2.23. The number of aromatic nitrogens is 3. The molecular weight excluding hydrogens is 346 g/mol. The predicted molar refractivity (Wildman–Crippen MR) is 113 cm³/mol. The molecular formula is C23H29N5. The highest BCUT2D eigenvalue weighted by Gasteiger charge is 2.19. The van der Waals surface area contributed by atoms with Gasteiger partial charge in [0.05, 0.1) is 11.4 Å². The molecule has 1 N–H and O–H groups in total. The third-order valence-electron chi connectivity index (χ3n) is 5.65. The first-order valence-electron chi connectivity index (χ1n) is 10.3. The van der Waals surface area contributed by atoms with Gasteiger partial charge < -0.3 is 10.2 Å². The summed E-state index contributed by atoms with van der Waals surface area (Å²) in [4.78, 5) is 6.78. The molecule has 0 spiro atoms. The van der Waals surface area contributed by atoms with Gasteiger partial charge in [0, 0.05) is 55.4 Å². The fourth-order valence-electron chi connectivity index (χ4n) is 4.00. The molecule has 1 aromatic carbocycles. The van der Waals surface area contributed by atoms with Gasteiger partial charge in [-0.05, 0) is 44.2 Å². The van der Waals surface area contributed by atoms with Crippen molar-refractivity contribution >= 4 is 0 Å². The Morgan fingerprint density at radius 3 is 2.68 bits per heavy atom. The van der Waals surface area contributed by atoms with Crippen LogP contribution in [0.1, 0.15) is 31.2 Å². The van der Waals surface area contributed by atoms with Crippen molar-refractivity contribution in [3.63, 3.8) is 0 Å². The second-order valence-corrected chi connectivity index (χ2v) is 7.62. The minimum atomic E-state index is 0.772. The standard InChI is InChI=1S/C23H29N5/c1-27(21-9-5-6-10-21)15-14-25-17-20-18-28(22-11-3-2-4-12-22)26-23(20)19-8-7-13-24-16-19/h2-4,7-8,11-13,16,18,21,25H,5-6,9-10,14-15,17H2,1H3. The summed E-state index contributed by atoms with van der Waals surface area (Å²) in [5, 5.41) is 8.47. The largest absolute Gasteiger partial charge is 0.311 e. The average Bonchev–Trinajstić information content (AvgIpc) is 3.43. The van der Waals surface area contributed by atoms with Crippen LogP contribution in [0, 0.1) is 0 Å². The zero-order chi connectivity index (χ0) is 19.2.